The summed E-state index contributed by atoms with van der Waals surface area (Å²) in [6.45, 7) is 1.12. The van der Waals surface area contributed by atoms with Crippen molar-refractivity contribution in [3.8, 4) is 0 Å². The smallest absolute Gasteiger partial charge is 0.265 e. The molecule has 0 N–H and O–H groups in total. The molecule has 154 valence electrons. The summed E-state index contributed by atoms with van der Waals surface area (Å²) in [5.74, 6) is -1.37. The molecule has 0 saturated carbocycles. The van der Waals surface area contributed by atoms with Gasteiger partial charge >= 0.3 is 0 Å². The van der Waals surface area contributed by atoms with Gasteiger partial charge in [-0.2, -0.15) is 0 Å². The fraction of sp³-hybridized carbons (Fsp3) is 0.400. The molecule has 1 unspecified atom stereocenters. The topological polar surface area (TPSA) is 104 Å². The Balaban J connectivity index is 1.56. The lowest BCUT2D eigenvalue weighted by Crippen LogP contribution is -2.49. The number of imide groups is 1. The molecule has 1 fully saturated rings. The molecule has 3 aliphatic heterocycles. The third-order valence-electron chi connectivity index (χ3n) is 6.10. The Labute approximate surface area is 176 Å². The van der Waals surface area contributed by atoms with E-state index in [9.17, 15) is 19.2 Å². The predicted molar refractivity (Wildman–Crippen MR) is 108 cm³/mol. The van der Waals surface area contributed by atoms with E-state index in [1.165, 1.54) is 36.0 Å². The first-order valence-electron chi connectivity index (χ1n) is 9.70. The largest absolute Gasteiger partial charge is 0.351 e. The van der Waals surface area contributed by atoms with Crippen LogP contribution in [0, 0.1) is 0 Å². The Kier molecular flexibility index (Phi) is 4.28. The molecule has 30 heavy (non-hydrogen) atoms. The van der Waals surface area contributed by atoms with Crippen LogP contribution >= 0.6 is 11.8 Å². The molecule has 3 amide bonds. The number of aromatic nitrogens is 2. The average Bonchev–Trinajstić information content (AvgIpc) is 3.27. The Morgan fingerprint density at radius 2 is 1.90 bits per heavy atom. The second-order valence-electron chi connectivity index (χ2n) is 7.67. The molecule has 0 bridgehead atoms. The van der Waals surface area contributed by atoms with Crippen LogP contribution in [0.2, 0.25) is 0 Å². The maximum atomic E-state index is 13.5. The molecular weight excluding hydrogens is 406 g/mol. The van der Waals surface area contributed by atoms with Crippen LogP contribution < -0.4 is 4.90 Å². The molecule has 1 saturated heterocycles. The van der Waals surface area contributed by atoms with E-state index in [1.807, 2.05) is 6.26 Å². The number of fused-ring (bicyclic) bond motifs is 3. The van der Waals surface area contributed by atoms with Gasteiger partial charge in [0.05, 0.1) is 11.1 Å². The van der Waals surface area contributed by atoms with E-state index >= 15 is 0 Å². The quantitative estimate of drug-likeness (QED) is 0.291. The van der Waals surface area contributed by atoms with Crippen molar-refractivity contribution in [1.82, 2.24) is 19.8 Å². The lowest BCUT2D eigenvalue weighted by Gasteiger charge is -2.31. The third kappa shape index (κ3) is 2.56. The van der Waals surface area contributed by atoms with Crippen molar-refractivity contribution in [3.63, 3.8) is 0 Å². The highest BCUT2D eigenvalue weighted by Crippen LogP contribution is 2.35. The molecule has 0 aromatic carbocycles. The zero-order chi connectivity index (χ0) is 21.2. The number of likely N-dealkylation sites (N-methyl/N-ethyl adjacent to an activating group) is 1. The Morgan fingerprint density at radius 1 is 1.10 bits per heavy atom. The summed E-state index contributed by atoms with van der Waals surface area (Å²) in [4.78, 5) is 64.7. The first kappa shape index (κ1) is 19.0. The first-order valence-corrected chi connectivity index (χ1v) is 10.9. The van der Waals surface area contributed by atoms with Gasteiger partial charge in [0.25, 0.3) is 17.7 Å². The number of hydrogen-bond acceptors (Lipinski definition) is 8. The van der Waals surface area contributed by atoms with Gasteiger partial charge in [-0.1, -0.05) is 17.8 Å². The second kappa shape index (κ2) is 6.76. The van der Waals surface area contributed by atoms with E-state index in [4.69, 9.17) is 0 Å². The van der Waals surface area contributed by atoms with E-state index in [-0.39, 0.29) is 23.1 Å². The summed E-state index contributed by atoms with van der Waals surface area (Å²) in [5, 5.41) is 0.585. The first-order chi connectivity index (χ1) is 14.4. The summed E-state index contributed by atoms with van der Waals surface area (Å²) in [7, 11) is 1.35. The number of amides is 3. The van der Waals surface area contributed by atoms with Crippen LogP contribution in [-0.4, -0.2) is 81.7 Å². The van der Waals surface area contributed by atoms with Crippen LogP contribution in [0.4, 0.5) is 5.82 Å². The number of rotatable bonds is 2. The van der Waals surface area contributed by atoms with Crippen molar-refractivity contribution in [1.29, 1.82) is 0 Å². The van der Waals surface area contributed by atoms with Crippen molar-refractivity contribution in [2.45, 2.75) is 30.1 Å². The van der Waals surface area contributed by atoms with Gasteiger partial charge in [0.1, 0.15) is 17.4 Å². The molecule has 4 heterocycles. The van der Waals surface area contributed by atoms with Gasteiger partial charge < -0.3 is 9.80 Å². The van der Waals surface area contributed by atoms with Gasteiger partial charge in [-0.05, 0) is 25.2 Å². The fourth-order valence-electron chi connectivity index (χ4n) is 4.56. The monoisotopic (exact) mass is 425 g/mol. The molecule has 1 aliphatic carbocycles. The van der Waals surface area contributed by atoms with Gasteiger partial charge in [-0.3, -0.25) is 24.1 Å². The average molecular weight is 425 g/mol. The highest BCUT2D eigenvalue weighted by atomic mass is 32.2. The van der Waals surface area contributed by atoms with Crippen molar-refractivity contribution >= 4 is 41.1 Å². The second-order valence-corrected chi connectivity index (χ2v) is 8.44. The molecule has 2 atom stereocenters. The number of nitrogens with zero attached hydrogens (tertiary/aromatic N) is 5. The third-order valence-corrected chi connectivity index (χ3v) is 6.66. The number of carbonyl (C=O) groups is 4. The van der Waals surface area contributed by atoms with E-state index in [1.54, 1.807) is 6.08 Å². The minimum Gasteiger partial charge on any atom is -0.351 e. The maximum absolute atomic E-state index is 13.5. The Bertz CT molecular complexity index is 1080. The van der Waals surface area contributed by atoms with Gasteiger partial charge in [-0.25, -0.2) is 9.97 Å². The molecule has 9 nitrogen and oxygen atoms in total. The minimum atomic E-state index is -0.937. The highest BCUT2D eigenvalue weighted by molar-refractivity contribution is 7.98. The Morgan fingerprint density at radius 3 is 2.67 bits per heavy atom. The van der Waals surface area contributed by atoms with Gasteiger partial charge in [0.2, 0.25) is 0 Å². The zero-order valence-corrected chi connectivity index (χ0v) is 17.3. The summed E-state index contributed by atoms with van der Waals surface area (Å²) in [6, 6.07) is -0.909. The summed E-state index contributed by atoms with van der Waals surface area (Å²) >= 11 is 1.40. The summed E-state index contributed by atoms with van der Waals surface area (Å²) in [5.41, 5.74) is 0.315. The van der Waals surface area contributed by atoms with Gasteiger partial charge in [-0.15, -0.1) is 0 Å². The molecule has 0 radical (unpaired) electrons. The zero-order valence-electron chi connectivity index (χ0n) is 16.5. The van der Waals surface area contributed by atoms with Crippen LogP contribution in [0.1, 0.15) is 23.2 Å². The number of hydrogen-bond donors (Lipinski definition) is 0. The number of anilines is 1. The highest BCUT2D eigenvalue weighted by Gasteiger charge is 2.47. The molecule has 1 aromatic heterocycles. The van der Waals surface area contributed by atoms with E-state index in [0.717, 1.165) is 24.3 Å². The Hall–Kier alpha value is -3.01. The molecule has 10 heteroatoms. The molecule has 1 aromatic rings. The van der Waals surface area contributed by atoms with Crippen LogP contribution in [0.15, 0.2) is 34.7 Å². The number of thioether (sulfide) groups is 1. The van der Waals surface area contributed by atoms with E-state index in [0.29, 0.717) is 23.1 Å². The van der Waals surface area contributed by atoms with E-state index < -0.39 is 23.6 Å². The maximum Gasteiger partial charge on any atom is 0.265 e. The number of ketones is 1. The lowest BCUT2D eigenvalue weighted by molar-refractivity contribution is -0.136. The van der Waals surface area contributed by atoms with Crippen molar-refractivity contribution < 1.29 is 19.2 Å². The van der Waals surface area contributed by atoms with Crippen molar-refractivity contribution in [2.75, 3.05) is 31.3 Å². The summed E-state index contributed by atoms with van der Waals surface area (Å²) < 4.78 is 0. The lowest BCUT2D eigenvalue weighted by atomic mass is 9.92. The van der Waals surface area contributed by atoms with Crippen molar-refractivity contribution in [2.24, 2.45) is 0 Å². The minimum absolute atomic E-state index is 0.0277. The summed E-state index contributed by atoms with van der Waals surface area (Å²) in [6.07, 6.45) is 8.27. The standard InChI is InChI=1S/C20H19N5O4S/c1-23-17(27)11-5-6-13(15(26)14(11)19(23)29)25-9-10-4-3-7-24(10)16-12(18(25)28)8-21-20(22-16)30-2/h5-6,8,10,13H,3-4,7,9H2,1-2H3/t10?,13-/m0/s1. The SMILES string of the molecule is CSc1ncc2c(n1)N1CCCC1CN([C@H]1C=CC3=C(C1=O)C(=O)N(C)C3=O)C2=O. The molecule has 0 spiro atoms. The van der Waals surface area contributed by atoms with Gasteiger partial charge in [0, 0.05) is 32.4 Å². The van der Waals surface area contributed by atoms with E-state index in [2.05, 4.69) is 14.9 Å². The predicted octanol–water partition coefficient (Wildman–Crippen LogP) is 0.426. The van der Waals surface area contributed by atoms with Crippen LogP contribution in [0.5, 0.6) is 0 Å². The number of carbonyl (C=O) groups excluding carboxylic acids is 4. The van der Waals surface area contributed by atoms with Crippen molar-refractivity contribution in [3.05, 3.63) is 35.1 Å². The fourth-order valence-corrected chi connectivity index (χ4v) is 4.89. The molecule has 5 rings (SSSR count). The molecular formula is C20H19N5O4S. The van der Waals surface area contributed by atoms with Crippen LogP contribution in [0.3, 0.4) is 0 Å². The molecule has 4 aliphatic rings. The van der Waals surface area contributed by atoms with Gasteiger partial charge in [0.15, 0.2) is 10.9 Å². The van der Waals surface area contributed by atoms with Crippen LogP contribution in [0.25, 0.3) is 0 Å². The van der Waals surface area contributed by atoms with Crippen LogP contribution in [-0.2, 0) is 14.4 Å². The number of Topliss-reactive ketones (excluding diaryl/α,β-unsaturated/α-hetero) is 1. The normalized spacial score (nSPS) is 25.7.